The van der Waals surface area contributed by atoms with Crippen molar-refractivity contribution in [3.05, 3.63) is 42.5 Å². The van der Waals surface area contributed by atoms with Gasteiger partial charge in [-0.1, -0.05) is 12.5 Å². The first-order valence-electron chi connectivity index (χ1n) is 9.06. The fourth-order valence-corrected chi connectivity index (χ4v) is 4.92. The molecule has 0 saturated heterocycles. The molecule has 0 bridgehead atoms. The van der Waals surface area contributed by atoms with Crippen LogP contribution in [-0.2, 0) is 14.8 Å². The van der Waals surface area contributed by atoms with Crippen molar-refractivity contribution in [2.75, 3.05) is 13.2 Å². The summed E-state index contributed by atoms with van der Waals surface area (Å²) in [5.41, 5.74) is 0.561. The molecular formula is C19H26N2O4S. The summed E-state index contributed by atoms with van der Waals surface area (Å²) in [5.74, 6) is -0.167. The number of sulfonamides is 1. The minimum Gasteiger partial charge on any atom is -0.378 e. The Morgan fingerprint density at radius 3 is 2.58 bits per heavy atom. The fraction of sp³-hybridized carbons (Fsp3) is 0.526. The van der Waals surface area contributed by atoms with E-state index in [0.717, 1.165) is 19.3 Å². The van der Waals surface area contributed by atoms with Gasteiger partial charge >= 0.3 is 0 Å². The van der Waals surface area contributed by atoms with Crippen molar-refractivity contribution in [1.82, 2.24) is 10.0 Å². The molecule has 142 valence electrons. The minimum absolute atomic E-state index is 0.101. The predicted molar refractivity (Wildman–Crippen MR) is 99.4 cm³/mol. The third kappa shape index (κ3) is 3.43. The Kier molecular flexibility index (Phi) is 5.50. The lowest BCUT2D eigenvalue weighted by Crippen LogP contribution is -2.67. The van der Waals surface area contributed by atoms with Crippen molar-refractivity contribution < 1.29 is 17.9 Å². The fourth-order valence-electron chi connectivity index (χ4n) is 3.92. The summed E-state index contributed by atoms with van der Waals surface area (Å²) in [6.07, 6.45) is 5.93. The Morgan fingerprint density at radius 1 is 1.35 bits per heavy atom. The second kappa shape index (κ2) is 7.50. The maximum atomic E-state index is 12.5. The van der Waals surface area contributed by atoms with Crippen molar-refractivity contribution >= 4 is 15.9 Å². The zero-order chi connectivity index (χ0) is 18.8. The molecule has 0 radical (unpaired) electrons. The van der Waals surface area contributed by atoms with Crippen molar-refractivity contribution in [1.29, 1.82) is 0 Å². The van der Waals surface area contributed by atoms with E-state index in [2.05, 4.69) is 16.6 Å². The summed E-state index contributed by atoms with van der Waals surface area (Å²) in [7, 11) is -3.58. The van der Waals surface area contributed by atoms with Gasteiger partial charge < -0.3 is 10.1 Å². The molecule has 2 fully saturated rings. The van der Waals surface area contributed by atoms with E-state index in [1.165, 1.54) is 24.6 Å². The van der Waals surface area contributed by atoms with Gasteiger partial charge in [0.25, 0.3) is 5.91 Å². The maximum absolute atomic E-state index is 12.5. The van der Waals surface area contributed by atoms with Gasteiger partial charge in [-0.3, -0.25) is 4.79 Å². The maximum Gasteiger partial charge on any atom is 0.251 e. The average Bonchev–Trinajstić information content (AvgIpc) is 2.57. The van der Waals surface area contributed by atoms with E-state index in [0.29, 0.717) is 12.2 Å². The molecule has 6 nitrogen and oxygen atoms in total. The van der Waals surface area contributed by atoms with Gasteiger partial charge in [0.05, 0.1) is 11.0 Å². The normalized spacial score (nSPS) is 23.7. The van der Waals surface area contributed by atoms with Gasteiger partial charge in [0, 0.05) is 30.2 Å². The van der Waals surface area contributed by atoms with Crippen LogP contribution < -0.4 is 10.0 Å². The van der Waals surface area contributed by atoms with Crippen LogP contribution in [0.25, 0.3) is 0 Å². The van der Waals surface area contributed by atoms with Crippen molar-refractivity contribution in [3.63, 3.8) is 0 Å². The van der Waals surface area contributed by atoms with Gasteiger partial charge in [-0.05, 0) is 50.5 Å². The number of amides is 1. The Balaban J connectivity index is 1.63. The summed E-state index contributed by atoms with van der Waals surface area (Å²) in [6.45, 7) is 6.34. The molecule has 2 atom stereocenters. The number of hydrogen-bond donors (Lipinski definition) is 2. The molecule has 2 saturated carbocycles. The van der Waals surface area contributed by atoms with Crippen LogP contribution in [0.1, 0.15) is 43.0 Å². The van der Waals surface area contributed by atoms with E-state index in [9.17, 15) is 13.2 Å². The number of carbonyl (C=O) groups is 1. The van der Waals surface area contributed by atoms with E-state index in [1.54, 1.807) is 12.1 Å². The lowest BCUT2D eigenvalue weighted by atomic mass is 9.51. The molecule has 0 heterocycles. The van der Waals surface area contributed by atoms with Gasteiger partial charge in [-0.25, -0.2) is 13.1 Å². The molecule has 0 aliphatic heterocycles. The molecule has 2 aliphatic rings. The van der Waals surface area contributed by atoms with E-state index in [4.69, 9.17) is 4.74 Å². The summed E-state index contributed by atoms with van der Waals surface area (Å²) in [6, 6.07) is 6.12. The molecule has 1 aromatic rings. The number of nitrogens with one attached hydrogen (secondary N) is 2. The van der Waals surface area contributed by atoms with Crippen LogP contribution in [0, 0.1) is 5.41 Å². The number of rotatable bonds is 8. The lowest BCUT2D eigenvalue weighted by molar-refractivity contribution is -0.169. The van der Waals surface area contributed by atoms with Gasteiger partial charge in [0.2, 0.25) is 10.0 Å². The second-order valence-electron chi connectivity index (χ2n) is 6.96. The minimum atomic E-state index is -3.58. The van der Waals surface area contributed by atoms with Crippen molar-refractivity contribution in [2.24, 2.45) is 5.41 Å². The second-order valence-corrected chi connectivity index (χ2v) is 8.72. The molecule has 0 aromatic heterocycles. The zero-order valence-electron chi connectivity index (χ0n) is 15.0. The summed E-state index contributed by atoms with van der Waals surface area (Å²) >= 11 is 0. The highest BCUT2D eigenvalue weighted by molar-refractivity contribution is 7.89. The molecule has 3 rings (SSSR count). The van der Waals surface area contributed by atoms with Crippen molar-refractivity contribution in [2.45, 2.75) is 49.6 Å². The van der Waals surface area contributed by atoms with Crippen LogP contribution in [-0.4, -0.2) is 39.6 Å². The molecule has 26 heavy (non-hydrogen) atoms. The summed E-state index contributed by atoms with van der Waals surface area (Å²) in [5, 5.41) is 3.11. The molecule has 2 aliphatic carbocycles. The third-order valence-electron chi connectivity index (χ3n) is 5.59. The summed E-state index contributed by atoms with van der Waals surface area (Å²) < 4.78 is 32.3. The predicted octanol–water partition coefficient (Wildman–Crippen LogP) is 2.23. The van der Waals surface area contributed by atoms with Crippen LogP contribution >= 0.6 is 0 Å². The van der Waals surface area contributed by atoms with E-state index in [-0.39, 0.29) is 34.9 Å². The zero-order valence-corrected chi connectivity index (χ0v) is 15.8. The molecule has 1 spiro atoms. The number of hydrogen-bond acceptors (Lipinski definition) is 4. The standard InChI is InChI=1S/C19H26N2O4S/c1-3-12-20-26(23,24)15-8-6-14(7-9-15)18(22)21-16-13-17(25-4-2)19(16)10-5-11-19/h3,6-9,16-17,20H,1,4-5,10-13H2,2H3,(H,21,22). The largest absolute Gasteiger partial charge is 0.378 e. The highest BCUT2D eigenvalue weighted by Gasteiger charge is 2.59. The highest BCUT2D eigenvalue weighted by Crippen LogP contribution is 2.57. The average molecular weight is 378 g/mol. The third-order valence-corrected chi connectivity index (χ3v) is 7.03. The number of ether oxygens (including phenoxy) is 1. The highest BCUT2D eigenvalue weighted by atomic mass is 32.2. The van der Waals surface area contributed by atoms with Crippen LogP contribution in [0.15, 0.2) is 41.8 Å². The van der Waals surface area contributed by atoms with Crippen LogP contribution in [0.2, 0.25) is 0 Å². The van der Waals surface area contributed by atoms with Gasteiger partial charge in [0.1, 0.15) is 0 Å². The van der Waals surface area contributed by atoms with Crippen LogP contribution in [0.3, 0.4) is 0 Å². The molecule has 2 unspecified atom stereocenters. The molecule has 1 amide bonds. The van der Waals surface area contributed by atoms with E-state index in [1.807, 2.05) is 6.92 Å². The Bertz CT molecular complexity index is 769. The number of carbonyl (C=O) groups excluding carboxylic acids is 1. The molecule has 7 heteroatoms. The van der Waals surface area contributed by atoms with Crippen LogP contribution in [0.5, 0.6) is 0 Å². The van der Waals surface area contributed by atoms with Gasteiger partial charge in [-0.15, -0.1) is 6.58 Å². The number of benzene rings is 1. The quantitative estimate of drug-likeness (QED) is 0.680. The van der Waals surface area contributed by atoms with Crippen LogP contribution in [0.4, 0.5) is 0 Å². The molecule has 1 aromatic carbocycles. The van der Waals surface area contributed by atoms with Gasteiger partial charge in [-0.2, -0.15) is 0 Å². The Labute approximate surface area is 155 Å². The first-order chi connectivity index (χ1) is 12.4. The smallest absolute Gasteiger partial charge is 0.251 e. The van der Waals surface area contributed by atoms with Crippen molar-refractivity contribution in [3.8, 4) is 0 Å². The topological polar surface area (TPSA) is 84.5 Å². The monoisotopic (exact) mass is 378 g/mol. The first kappa shape index (κ1) is 19.1. The van der Waals surface area contributed by atoms with E-state index < -0.39 is 10.0 Å². The Hall–Kier alpha value is -1.70. The first-order valence-corrected chi connectivity index (χ1v) is 10.5. The Morgan fingerprint density at radius 2 is 2.04 bits per heavy atom. The van der Waals surface area contributed by atoms with Gasteiger partial charge in [0.15, 0.2) is 0 Å². The summed E-state index contributed by atoms with van der Waals surface area (Å²) in [4.78, 5) is 12.7. The van der Waals surface area contributed by atoms with E-state index >= 15 is 0 Å². The lowest BCUT2D eigenvalue weighted by Gasteiger charge is -2.61. The molecule has 2 N–H and O–H groups in total. The SMILES string of the molecule is C=CCNS(=O)(=O)c1ccc(C(=O)NC2CC(OCC)C23CCC3)cc1. The molecular weight excluding hydrogens is 352 g/mol.